The predicted molar refractivity (Wildman–Crippen MR) is 128 cm³/mol. The Morgan fingerprint density at radius 2 is 1.94 bits per heavy atom. The lowest BCUT2D eigenvalue weighted by Crippen LogP contribution is -2.29. The minimum Gasteiger partial charge on any atom is -0.484 e. The maximum Gasteiger partial charge on any atom is 0.262 e. The Balaban J connectivity index is 1.46. The lowest BCUT2D eigenvalue weighted by Gasteiger charge is -2.25. The standard InChI is InChI=1S/C24H23N3O2S2/c1-2-27-13-12-17-20(14-27)31-24(26-21(28)15-29-16-8-4-3-5-9-16)22(17)23-25-18-10-6-7-11-19(18)30-23/h3-11H,2,12-15H2,1H3,(H,26,28). The van der Waals surface area contributed by atoms with Crippen LogP contribution in [0.1, 0.15) is 17.4 Å². The van der Waals surface area contributed by atoms with Gasteiger partial charge in [-0.25, -0.2) is 4.98 Å². The van der Waals surface area contributed by atoms with E-state index in [9.17, 15) is 4.79 Å². The molecule has 0 bridgehead atoms. The van der Waals surface area contributed by atoms with Crippen LogP contribution in [0.3, 0.4) is 0 Å². The molecule has 1 aliphatic rings. The van der Waals surface area contributed by atoms with Gasteiger partial charge in [-0.15, -0.1) is 22.7 Å². The summed E-state index contributed by atoms with van der Waals surface area (Å²) in [6, 6.07) is 17.6. The molecular weight excluding hydrogens is 426 g/mol. The summed E-state index contributed by atoms with van der Waals surface area (Å²) in [4.78, 5) is 21.4. The highest BCUT2D eigenvalue weighted by atomic mass is 32.1. The average Bonchev–Trinajstić information content (AvgIpc) is 3.38. The van der Waals surface area contributed by atoms with Crippen molar-refractivity contribution >= 4 is 43.8 Å². The van der Waals surface area contributed by atoms with Crippen LogP contribution in [0, 0.1) is 0 Å². The maximum absolute atomic E-state index is 12.7. The van der Waals surface area contributed by atoms with Gasteiger partial charge in [0.05, 0.1) is 10.2 Å². The van der Waals surface area contributed by atoms with E-state index in [2.05, 4.69) is 23.2 Å². The summed E-state index contributed by atoms with van der Waals surface area (Å²) >= 11 is 3.36. The van der Waals surface area contributed by atoms with E-state index in [1.54, 1.807) is 22.7 Å². The van der Waals surface area contributed by atoms with Gasteiger partial charge in [0.25, 0.3) is 5.91 Å². The maximum atomic E-state index is 12.7. The van der Waals surface area contributed by atoms with E-state index < -0.39 is 0 Å². The van der Waals surface area contributed by atoms with Crippen LogP contribution in [0.25, 0.3) is 20.8 Å². The molecule has 7 heteroatoms. The Kier molecular flexibility index (Phi) is 5.72. The smallest absolute Gasteiger partial charge is 0.262 e. The SMILES string of the molecule is CCN1CCc2c(sc(NC(=O)COc3ccccc3)c2-c2nc3ccccc3s2)C1. The molecule has 5 rings (SSSR count). The first-order valence-corrected chi connectivity index (χ1v) is 12.0. The molecule has 3 heterocycles. The fourth-order valence-electron chi connectivity index (χ4n) is 3.85. The number of rotatable bonds is 6. The van der Waals surface area contributed by atoms with E-state index in [1.165, 1.54) is 10.4 Å². The fraction of sp³-hybridized carbons (Fsp3) is 0.250. The third kappa shape index (κ3) is 4.21. The number of fused-ring (bicyclic) bond motifs is 2. The number of carbonyl (C=O) groups excluding carboxylic acids is 1. The van der Waals surface area contributed by atoms with Crippen molar-refractivity contribution in [3.63, 3.8) is 0 Å². The summed E-state index contributed by atoms with van der Waals surface area (Å²) in [5, 5.41) is 4.97. The van der Waals surface area contributed by atoms with Gasteiger partial charge in [0.2, 0.25) is 0 Å². The predicted octanol–water partition coefficient (Wildman–Crippen LogP) is 5.42. The van der Waals surface area contributed by atoms with Gasteiger partial charge in [-0.3, -0.25) is 9.69 Å². The number of para-hydroxylation sites is 2. The largest absolute Gasteiger partial charge is 0.484 e. The summed E-state index contributed by atoms with van der Waals surface area (Å²) in [6.07, 6.45) is 0.974. The lowest BCUT2D eigenvalue weighted by molar-refractivity contribution is -0.118. The molecule has 0 fully saturated rings. The number of nitrogens with zero attached hydrogens (tertiary/aromatic N) is 2. The van der Waals surface area contributed by atoms with Gasteiger partial charge in [0, 0.05) is 23.5 Å². The molecule has 1 aliphatic heterocycles. The van der Waals surface area contributed by atoms with Crippen molar-refractivity contribution in [3.05, 3.63) is 65.0 Å². The van der Waals surface area contributed by atoms with Crippen LogP contribution in [-0.2, 0) is 17.8 Å². The van der Waals surface area contributed by atoms with E-state index in [-0.39, 0.29) is 12.5 Å². The molecule has 1 amide bonds. The molecule has 0 unspecified atom stereocenters. The zero-order valence-corrected chi connectivity index (χ0v) is 18.9. The van der Waals surface area contributed by atoms with Gasteiger partial charge in [-0.05, 0) is 42.8 Å². The number of carbonyl (C=O) groups is 1. The summed E-state index contributed by atoms with van der Waals surface area (Å²) in [7, 11) is 0. The van der Waals surface area contributed by atoms with Crippen molar-refractivity contribution in [2.75, 3.05) is 25.0 Å². The third-order valence-corrected chi connectivity index (χ3v) is 7.64. The highest BCUT2D eigenvalue weighted by molar-refractivity contribution is 7.22. The fourth-order valence-corrected chi connectivity index (χ4v) is 6.26. The molecule has 0 radical (unpaired) electrons. The van der Waals surface area contributed by atoms with E-state index in [0.717, 1.165) is 51.8 Å². The number of likely N-dealkylation sites (N-methyl/N-ethyl adjacent to an activating group) is 1. The Labute approximate surface area is 189 Å². The summed E-state index contributed by atoms with van der Waals surface area (Å²) in [6.45, 7) is 5.15. The van der Waals surface area contributed by atoms with Crippen LogP contribution in [0.2, 0.25) is 0 Å². The molecule has 0 spiro atoms. The Morgan fingerprint density at radius 1 is 1.13 bits per heavy atom. The molecule has 0 atom stereocenters. The van der Waals surface area contributed by atoms with Gasteiger partial charge in [0.15, 0.2) is 6.61 Å². The van der Waals surface area contributed by atoms with Crippen molar-refractivity contribution in [2.24, 2.45) is 0 Å². The van der Waals surface area contributed by atoms with Crippen LogP contribution >= 0.6 is 22.7 Å². The van der Waals surface area contributed by atoms with Crippen LogP contribution in [0.15, 0.2) is 54.6 Å². The number of nitrogens with one attached hydrogen (secondary N) is 1. The van der Waals surface area contributed by atoms with Gasteiger partial charge in [0.1, 0.15) is 15.8 Å². The van der Waals surface area contributed by atoms with Crippen molar-refractivity contribution < 1.29 is 9.53 Å². The number of hydrogen-bond donors (Lipinski definition) is 1. The molecule has 0 saturated heterocycles. The van der Waals surface area contributed by atoms with E-state index in [0.29, 0.717) is 5.75 Å². The number of amides is 1. The van der Waals surface area contributed by atoms with Crippen LogP contribution < -0.4 is 10.1 Å². The van der Waals surface area contributed by atoms with Gasteiger partial charge >= 0.3 is 0 Å². The molecule has 0 saturated carbocycles. The van der Waals surface area contributed by atoms with Gasteiger partial charge in [-0.2, -0.15) is 0 Å². The second-order valence-electron chi connectivity index (χ2n) is 7.46. The van der Waals surface area contributed by atoms with Crippen LogP contribution in [-0.4, -0.2) is 35.5 Å². The molecule has 2 aromatic carbocycles. The van der Waals surface area contributed by atoms with E-state index in [1.807, 2.05) is 48.5 Å². The second-order valence-corrected chi connectivity index (χ2v) is 9.60. The Hall–Kier alpha value is -2.74. The monoisotopic (exact) mass is 449 g/mol. The topological polar surface area (TPSA) is 54.5 Å². The molecule has 31 heavy (non-hydrogen) atoms. The molecule has 0 aliphatic carbocycles. The first kappa shape index (κ1) is 20.2. The van der Waals surface area contributed by atoms with E-state index in [4.69, 9.17) is 9.72 Å². The molecule has 5 nitrogen and oxygen atoms in total. The normalized spacial score (nSPS) is 13.8. The zero-order chi connectivity index (χ0) is 21.2. The molecule has 158 valence electrons. The number of ether oxygens (including phenoxy) is 1. The minimum absolute atomic E-state index is 0.0209. The Morgan fingerprint density at radius 3 is 2.74 bits per heavy atom. The lowest BCUT2D eigenvalue weighted by atomic mass is 10.0. The highest BCUT2D eigenvalue weighted by Gasteiger charge is 2.27. The number of thiophene rings is 1. The minimum atomic E-state index is -0.155. The number of hydrogen-bond acceptors (Lipinski definition) is 6. The molecule has 4 aromatic rings. The molecule has 1 N–H and O–H groups in total. The van der Waals surface area contributed by atoms with Crippen molar-refractivity contribution in [2.45, 2.75) is 19.9 Å². The number of thiazole rings is 1. The number of aromatic nitrogens is 1. The third-order valence-electron chi connectivity index (χ3n) is 5.46. The van der Waals surface area contributed by atoms with Gasteiger partial charge in [-0.1, -0.05) is 37.3 Å². The number of anilines is 1. The first-order chi connectivity index (χ1) is 15.2. The summed E-state index contributed by atoms with van der Waals surface area (Å²) < 4.78 is 6.80. The van der Waals surface area contributed by atoms with Crippen molar-refractivity contribution in [3.8, 4) is 16.3 Å². The summed E-state index contributed by atoms with van der Waals surface area (Å²) in [5.74, 6) is 0.533. The summed E-state index contributed by atoms with van der Waals surface area (Å²) in [5.41, 5.74) is 3.41. The first-order valence-electron chi connectivity index (χ1n) is 10.4. The molecule has 2 aromatic heterocycles. The van der Waals surface area contributed by atoms with E-state index >= 15 is 0 Å². The highest BCUT2D eigenvalue weighted by Crippen LogP contribution is 2.45. The molecular formula is C24H23N3O2S2. The van der Waals surface area contributed by atoms with Crippen molar-refractivity contribution in [1.29, 1.82) is 0 Å². The van der Waals surface area contributed by atoms with Crippen LogP contribution in [0.5, 0.6) is 5.75 Å². The van der Waals surface area contributed by atoms with Crippen molar-refractivity contribution in [1.82, 2.24) is 9.88 Å². The zero-order valence-electron chi connectivity index (χ0n) is 17.3. The van der Waals surface area contributed by atoms with Gasteiger partial charge < -0.3 is 10.1 Å². The Bertz CT molecular complexity index is 1180. The quantitative estimate of drug-likeness (QED) is 0.427. The van der Waals surface area contributed by atoms with Crippen LogP contribution in [0.4, 0.5) is 5.00 Å². The average molecular weight is 450 g/mol. The number of benzene rings is 2. The second kappa shape index (κ2) is 8.78.